The summed E-state index contributed by atoms with van der Waals surface area (Å²) in [5, 5.41) is 10.7. The summed E-state index contributed by atoms with van der Waals surface area (Å²) in [4.78, 5) is 26.6. The molecule has 2 fully saturated rings. The van der Waals surface area contributed by atoms with Crippen molar-refractivity contribution in [2.75, 3.05) is 25.0 Å². The molecule has 0 radical (unpaired) electrons. The van der Waals surface area contributed by atoms with Crippen LogP contribution < -0.4 is 16.0 Å². The second-order valence-electron chi connectivity index (χ2n) is 11.6. The Bertz CT molecular complexity index is 1210. The van der Waals surface area contributed by atoms with Crippen LogP contribution in [0.3, 0.4) is 0 Å². The van der Waals surface area contributed by atoms with Gasteiger partial charge in [-0.25, -0.2) is 9.97 Å². The van der Waals surface area contributed by atoms with E-state index in [1.54, 1.807) is 6.20 Å². The molecule has 1 amide bonds. The number of hydrogen-bond acceptors (Lipinski definition) is 7. The Labute approximate surface area is 224 Å². The molecule has 196 valence electrons. The average molecular weight is 519 g/mol. The van der Waals surface area contributed by atoms with Crippen LogP contribution in [0.4, 0.5) is 5.95 Å². The Morgan fingerprint density at radius 2 is 1.84 bits per heavy atom. The highest BCUT2D eigenvalue weighted by molar-refractivity contribution is 7.17. The van der Waals surface area contributed by atoms with Crippen LogP contribution in [0, 0.1) is 0 Å². The average Bonchev–Trinajstić information content (AvgIpc) is 3.33. The lowest BCUT2D eigenvalue weighted by atomic mass is 9.80. The molecule has 1 aromatic carbocycles. The summed E-state index contributed by atoms with van der Waals surface area (Å²) in [5.41, 5.74) is 2.18. The standard InChI is InChI=1S/C29H38N6OS/c1-28(2)17-21(18-29(3,4)34-28)32-27-31-13-12-23(33-27)24-10-11-25(37-24)26(36)35-15-14-30-19-22(35)16-20-8-6-5-7-9-20/h5-13,21-22,30,34H,14-19H2,1-4H3,(H,31,32,33). The molecule has 0 saturated carbocycles. The van der Waals surface area contributed by atoms with Crippen LogP contribution in [0.25, 0.3) is 10.6 Å². The smallest absolute Gasteiger partial charge is 0.264 e. The van der Waals surface area contributed by atoms with Gasteiger partial charge in [0.05, 0.1) is 15.4 Å². The summed E-state index contributed by atoms with van der Waals surface area (Å²) in [5.74, 6) is 0.743. The number of nitrogens with zero attached hydrogens (tertiary/aromatic N) is 3. The lowest BCUT2D eigenvalue weighted by Crippen LogP contribution is -2.60. The van der Waals surface area contributed by atoms with E-state index >= 15 is 0 Å². The molecule has 37 heavy (non-hydrogen) atoms. The summed E-state index contributed by atoms with van der Waals surface area (Å²) in [6.45, 7) is 11.3. The highest BCUT2D eigenvalue weighted by Gasteiger charge is 2.38. The molecule has 1 unspecified atom stereocenters. The first-order chi connectivity index (χ1) is 17.7. The fourth-order valence-corrected chi connectivity index (χ4v) is 6.93. The minimum absolute atomic E-state index is 0.0440. The summed E-state index contributed by atoms with van der Waals surface area (Å²) >= 11 is 1.51. The molecule has 7 nitrogen and oxygen atoms in total. The van der Waals surface area contributed by atoms with Gasteiger partial charge in [-0.1, -0.05) is 30.3 Å². The maximum Gasteiger partial charge on any atom is 0.264 e. The maximum atomic E-state index is 13.6. The molecule has 8 heteroatoms. The number of amides is 1. The van der Waals surface area contributed by atoms with Crippen molar-refractivity contribution in [3.05, 3.63) is 65.2 Å². The second-order valence-corrected chi connectivity index (χ2v) is 12.7. The third-order valence-corrected chi connectivity index (χ3v) is 8.27. The monoisotopic (exact) mass is 518 g/mol. The molecular formula is C29H38N6OS. The number of aromatic nitrogens is 2. The number of thiophene rings is 1. The molecule has 3 aromatic rings. The summed E-state index contributed by atoms with van der Waals surface area (Å²) in [6, 6.07) is 16.7. The predicted octanol–water partition coefficient (Wildman–Crippen LogP) is 4.58. The minimum atomic E-state index is 0.0440. The van der Waals surface area contributed by atoms with Crippen LogP contribution in [0.15, 0.2) is 54.7 Å². The Kier molecular flexibility index (Phi) is 7.34. The number of piperazine rings is 1. The number of hydrogen-bond donors (Lipinski definition) is 3. The number of rotatable bonds is 6. The zero-order valence-corrected chi connectivity index (χ0v) is 23.1. The third kappa shape index (κ3) is 6.37. The van der Waals surface area contributed by atoms with Gasteiger partial charge in [0, 0.05) is 49.0 Å². The molecule has 0 spiro atoms. The predicted molar refractivity (Wildman–Crippen MR) is 151 cm³/mol. The zero-order valence-electron chi connectivity index (χ0n) is 22.3. The maximum absolute atomic E-state index is 13.6. The molecule has 3 N–H and O–H groups in total. The minimum Gasteiger partial charge on any atom is -0.351 e. The molecule has 0 aliphatic carbocycles. The van der Waals surface area contributed by atoms with Crippen LogP contribution in [0.5, 0.6) is 0 Å². The van der Waals surface area contributed by atoms with Crippen LogP contribution in [0.2, 0.25) is 0 Å². The van der Waals surface area contributed by atoms with Gasteiger partial charge in [-0.05, 0) is 70.7 Å². The summed E-state index contributed by atoms with van der Waals surface area (Å²) < 4.78 is 0. The van der Waals surface area contributed by atoms with E-state index in [0.29, 0.717) is 12.5 Å². The second kappa shape index (κ2) is 10.5. The van der Waals surface area contributed by atoms with Crippen molar-refractivity contribution in [3.8, 4) is 10.6 Å². The van der Waals surface area contributed by atoms with E-state index in [4.69, 9.17) is 4.98 Å². The van der Waals surface area contributed by atoms with Crippen LogP contribution >= 0.6 is 11.3 Å². The first kappa shape index (κ1) is 25.8. The number of carbonyl (C=O) groups is 1. The van der Waals surface area contributed by atoms with E-state index in [2.05, 4.69) is 72.9 Å². The molecule has 4 heterocycles. The van der Waals surface area contributed by atoms with Crippen molar-refractivity contribution in [3.63, 3.8) is 0 Å². The quantitative estimate of drug-likeness (QED) is 0.443. The summed E-state index contributed by atoms with van der Waals surface area (Å²) in [7, 11) is 0. The van der Waals surface area contributed by atoms with Crippen LogP contribution in [0.1, 0.15) is 55.8 Å². The first-order valence-electron chi connectivity index (χ1n) is 13.2. The van der Waals surface area contributed by atoms with Gasteiger partial charge in [0.25, 0.3) is 5.91 Å². The van der Waals surface area contributed by atoms with Crippen molar-refractivity contribution in [1.29, 1.82) is 0 Å². The fourth-order valence-electron chi connectivity index (χ4n) is 6.00. The highest BCUT2D eigenvalue weighted by atomic mass is 32.1. The van der Waals surface area contributed by atoms with Crippen molar-refractivity contribution < 1.29 is 4.79 Å². The van der Waals surface area contributed by atoms with Gasteiger partial charge in [0.1, 0.15) is 0 Å². The van der Waals surface area contributed by atoms with E-state index in [9.17, 15) is 4.79 Å². The molecular weight excluding hydrogens is 480 g/mol. The Hall–Kier alpha value is -2.81. The Morgan fingerprint density at radius 3 is 2.59 bits per heavy atom. The van der Waals surface area contributed by atoms with Crippen molar-refractivity contribution in [1.82, 2.24) is 25.5 Å². The highest BCUT2D eigenvalue weighted by Crippen LogP contribution is 2.32. The number of nitrogens with one attached hydrogen (secondary N) is 3. The van der Waals surface area contributed by atoms with Crippen molar-refractivity contribution >= 4 is 23.2 Å². The van der Waals surface area contributed by atoms with Gasteiger partial charge in [0.2, 0.25) is 5.95 Å². The molecule has 2 aliphatic rings. The first-order valence-corrected chi connectivity index (χ1v) is 14.0. The van der Waals surface area contributed by atoms with E-state index in [-0.39, 0.29) is 29.1 Å². The van der Waals surface area contributed by atoms with Gasteiger partial charge in [-0.2, -0.15) is 0 Å². The number of benzene rings is 1. The number of piperidine rings is 1. The van der Waals surface area contributed by atoms with Crippen molar-refractivity contribution in [2.24, 2.45) is 0 Å². The normalized spacial score (nSPS) is 21.5. The number of anilines is 1. The SMILES string of the molecule is CC1(C)CC(Nc2nccc(-c3ccc(C(=O)N4CCNCC4Cc4ccccc4)s3)n2)CC(C)(C)N1. The van der Waals surface area contributed by atoms with Gasteiger partial charge in [-0.15, -0.1) is 11.3 Å². The lowest BCUT2D eigenvalue weighted by Gasteiger charge is -2.46. The van der Waals surface area contributed by atoms with Gasteiger partial charge in [0.15, 0.2) is 0 Å². The largest absolute Gasteiger partial charge is 0.351 e. The van der Waals surface area contributed by atoms with Crippen LogP contribution in [-0.2, 0) is 6.42 Å². The molecule has 2 aromatic heterocycles. The fraction of sp³-hybridized carbons (Fsp3) is 0.483. The molecule has 2 saturated heterocycles. The van der Waals surface area contributed by atoms with Gasteiger partial charge >= 0.3 is 0 Å². The van der Waals surface area contributed by atoms with Gasteiger partial charge < -0.3 is 20.9 Å². The topological polar surface area (TPSA) is 82.2 Å². The van der Waals surface area contributed by atoms with E-state index in [1.807, 2.05) is 29.2 Å². The van der Waals surface area contributed by atoms with E-state index in [1.165, 1.54) is 16.9 Å². The molecule has 2 aliphatic heterocycles. The van der Waals surface area contributed by atoms with Gasteiger partial charge in [-0.3, -0.25) is 4.79 Å². The van der Waals surface area contributed by atoms with Crippen LogP contribution in [-0.4, -0.2) is 63.6 Å². The molecule has 5 rings (SSSR count). The Morgan fingerprint density at radius 1 is 1.08 bits per heavy atom. The molecule has 1 atom stereocenters. The zero-order chi connectivity index (χ0) is 26.0. The van der Waals surface area contributed by atoms with E-state index in [0.717, 1.165) is 47.8 Å². The van der Waals surface area contributed by atoms with E-state index < -0.39 is 0 Å². The lowest BCUT2D eigenvalue weighted by molar-refractivity contribution is 0.0641. The molecule has 0 bridgehead atoms. The Balaban J connectivity index is 1.29. The number of carbonyl (C=O) groups excluding carboxylic acids is 1. The van der Waals surface area contributed by atoms with Crippen molar-refractivity contribution in [2.45, 2.75) is 70.1 Å². The summed E-state index contributed by atoms with van der Waals surface area (Å²) in [6.07, 6.45) is 4.64. The third-order valence-electron chi connectivity index (χ3n) is 7.17.